The Kier molecular flexibility index (Phi) is 5.86. The number of carbonyl (C=O) groups is 1. The van der Waals surface area contributed by atoms with E-state index in [1.807, 2.05) is 50.2 Å². The number of ether oxygens (including phenoxy) is 2. The van der Waals surface area contributed by atoms with Crippen molar-refractivity contribution in [2.75, 3.05) is 12.4 Å². The normalized spacial score (nSPS) is 10.3. The molecular formula is C18H22N2O3. The molecule has 0 heterocycles. The molecule has 23 heavy (non-hydrogen) atoms. The molecule has 0 fully saturated rings. The van der Waals surface area contributed by atoms with Crippen molar-refractivity contribution in [3.63, 3.8) is 0 Å². The van der Waals surface area contributed by atoms with E-state index in [0.29, 0.717) is 18.0 Å². The van der Waals surface area contributed by atoms with Crippen LogP contribution >= 0.6 is 0 Å². The van der Waals surface area contributed by atoms with Crippen molar-refractivity contribution >= 4 is 11.7 Å². The molecule has 0 aliphatic heterocycles. The maximum Gasteiger partial charge on any atom is 0.319 e. The predicted octanol–water partition coefficient (Wildman–Crippen LogP) is 3.80. The van der Waals surface area contributed by atoms with Gasteiger partial charge in [0.15, 0.2) is 0 Å². The first-order valence-corrected chi connectivity index (χ1v) is 7.52. The van der Waals surface area contributed by atoms with E-state index in [-0.39, 0.29) is 12.1 Å². The number of rotatable bonds is 6. The van der Waals surface area contributed by atoms with Crippen LogP contribution in [0.4, 0.5) is 10.5 Å². The molecule has 2 amide bonds. The third-order valence-corrected chi connectivity index (χ3v) is 3.08. The van der Waals surface area contributed by atoms with Gasteiger partial charge in [0, 0.05) is 6.54 Å². The fraction of sp³-hybridized carbons (Fsp3) is 0.278. The lowest BCUT2D eigenvalue weighted by Crippen LogP contribution is -2.28. The maximum absolute atomic E-state index is 12.0. The Labute approximate surface area is 136 Å². The molecule has 2 rings (SSSR count). The minimum atomic E-state index is -0.287. The first-order valence-electron chi connectivity index (χ1n) is 7.52. The van der Waals surface area contributed by atoms with Crippen molar-refractivity contribution in [2.45, 2.75) is 26.5 Å². The summed E-state index contributed by atoms with van der Waals surface area (Å²) in [4.78, 5) is 12.0. The van der Waals surface area contributed by atoms with E-state index in [1.165, 1.54) is 0 Å². The molecule has 0 saturated carbocycles. The minimum absolute atomic E-state index is 0.118. The molecule has 2 aromatic rings. The molecule has 0 aliphatic rings. The molecule has 5 heteroatoms. The highest BCUT2D eigenvalue weighted by molar-refractivity contribution is 5.90. The van der Waals surface area contributed by atoms with E-state index >= 15 is 0 Å². The van der Waals surface area contributed by atoms with E-state index in [2.05, 4.69) is 10.6 Å². The van der Waals surface area contributed by atoms with E-state index in [0.717, 1.165) is 11.3 Å². The molecule has 0 aromatic heterocycles. The lowest BCUT2D eigenvalue weighted by atomic mass is 10.2. The van der Waals surface area contributed by atoms with Gasteiger partial charge in [0.25, 0.3) is 0 Å². The van der Waals surface area contributed by atoms with Crippen molar-refractivity contribution < 1.29 is 14.3 Å². The molecule has 0 bridgehead atoms. The SMILES string of the molecule is COc1ccccc1NC(=O)NCc1cccc(OC(C)C)c1. The largest absolute Gasteiger partial charge is 0.495 e. The zero-order valence-electron chi connectivity index (χ0n) is 13.6. The molecule has 122 valence electrons. The Balaban J connectivity index is 1.91. The molecule has 2 aromatic carbocycles. The number of anilines is 1. The summed E-state index contributed by atoms with van der Waals surface area (Å²) in [5.41, 5.74) is 1.60. The Hall–Kier alpha value is -2.69. The molecule has 0 spiro atoms. The van der Waals surface area contributed by atoms with Gasteiger partial charge in [-0.3, -0.25) is 0 Å². The lowest BCUT2D eigenvalue weighted by Gasteiger charge is -2.12. The van der Waals surface area contributed by atoms with Gasteiger partial charge in [0.2, 0.25) is 0 Å². The third-order valence-electron chi connectivity index (χ3n) is 3.08. The first-order chi connectivity index (χ1) is 11.1. The summed E-state index contributed by atoms with van der Waals surface area (Å²) in [6.45, 7) is 4.37. The van der Waals surface area contributed by atoms with Crippen molar-refractivity contribution in [3.05, 3.63) is 54.1 Å². The van der Waals surface area contributed by atoms with Gasteiger partial charge in [-0.05, 0) is 43.7 Å². The molecule has 2 N–H and O–H groups in total. The van der Waals surface area contributed by atoms with E-state index < -0.39 is 0 Å². The summed E-state index contributed by atoms with van der Waals surface area (Å²) in [5, 5.41) is 5.59. The predicted molar refractivity (Wildman–Crippen MR) is 91.1 cm³/mol. The quantitative estimate of drug-likeness (QED) is 0.852. The van der Waals surface area contributed by atoms with Gasteiger partial charge in [0.05, 0.1) is 18.9 Å². The van der Waals surface area contributed by atoms with E-state index in [9.17, 15) is 4.79 Å². The number of hydrogen-bond acceptors (Lipinski definition) is 3. The average Bonchev–Trinajstić information content (AvgIpc) is 2.53. The highest BCUT2D eigenvalue weighted by Crippen LogP contribution is 2.22. The summed E-state index contributed by atoms with van der Waals surface area (Å²) in [6.07, 6.45) is 0.118. The number of methoxy groups -OCH3 is 1. The molecule has 0 unspecified atom stereocenters. The van der Waals surface area contributed by atoms with Gasteiger partial charge in [-0.1, -0.05) is 24.3 Å². The lowest BCUT2D eigenvalue weighted by molar-refractivity contribution is 0.242. The summed E-state index contributed by atoms with van der Waals surface area (Å²) < 4.78 is 10.8. The standard InChI is InChI=1S/C18H22N2O3/c1-13(2)23-15-8-6-7-14(11-15)12-19-18(21)20-16-9-4-5-10-17(16)22-3/h4-11,13H,12H2,1-3H3,(H2,19,20,21). The van der Waals surface area contributed by atoms with Crippen LogP contribution in [0.15, 0.2) is 48.5 Å². The fourth-order valence-electron chi connectivity index (χ4n) is 2.10. The number of amides is 2. The van der Waals surface area contributed by atoms with Gasteiger partial charge in [-0.25, -0.2) is 4.79 Å². The summed E-state index contributed by atoms with van der Waals surface area (Å²) in [7, 11) is 1.57. The van der Waals surface area contributed by atoms with Crippen LogP contribution in [0.5, 0.6) is 11.5 Å². The second-order valence-corrected chi connectivity index (χ2v) is 5.32. The Morgan fingerprint density at radius 2 is 1.91 bits per heavy atom. The van der Waals surface area contributed by atoms with Gasteiger partial charge in [-0.15, -0.1) is 0 Å². The van der Waals surface area contributed by atoms with Gasteiger partial charge in [-0.2, -0.15) is 0 Å². The monoisotopic (exact) mass is 314 g/mol. The molecular weight excluding hydrogens is 292 g/mol. The van der Waals surface area contributed by atoms with Crippen molar-refractivity contribution in [3.8, 4) is 11.5 Å². The number of hydrogen-bond donors (Lipinski definition) is 2. The number of benzene rings is 2. The fourth-order valence-corrected chi connectivity index (χ4v) is 2.10. The number of carbonyl (C=O) groups excluding carboxylic acids is 1. The van der Waals surface area contributed by atoms with Gasteiger partial charge in [0.1, 0.15) is 11.5 Å². The maximum atomic E-state index is 12.0. The van der Waals surface area contributed by atoms with Crippen molar-refractivity contribution in [1.29, 1.82) is 0 Å². The van der Waals surface area contributed by atoms with Crippen LogP contribution in [0.2, 0.25) is 0 Å². The Morgan fingerprint density at radius 3 is 2.65 bits per heavy atom. The van der Waals surface area contributed by atoms with E-state index in [1.54, 1.807) is 19.2 Å². The van der Waals surface area contributed by atoms with Crippen LogP contribution in [-0.4, -0.2) is 19.2 Å². The highest BCUT2D eigenvalue weighted by atomic mass is 16.5. The highest BCUT2D eigenvalue weighted by Gasteiger charge is 2.06. The second kappa shape index (κ2) is 8.08. The molecule has 5 nitrogen and oxygen atoms in total. The van der Waals surface area contributed by atoms with Crippen LogP contribution in [0, 0.1) is 0 Å². The second-order valence-electron chi connectivity index (χ2n) is 5.32. The number of nitrogens with one attached hydrogen (secondary N) is 2. The zero-order valence-corrected chi connectivity index (χ0v) is 13.6. The molecule has 0 aliphatic carbocycles. The zero-order chi connectivity index (χ0) is 16.7. The average molecular weight is 314 g/mol. The minimum Gasteiger partial charge on any atom is -0.495 e. The van der Waals surface area contributed by atoms with Gasteiger partial charge >= 0.3 is 6.03 Å². The number of urea groups is 1. The van der Waals surface area contributed by atoms with Crippen LogP contribution in [0.1, 0.15) is 19.4 Å². The summed E-state index contributed by atoms with van der Waals surface area (Å²) >= 11 is 0. The molecule has 0 radical (unpaired) electrons. The summed E-state index contributed by atoms with van der Waals surface area (Å²) in [6, 6.07) is 14.7. The first kappa shape index (κ1) is 16.7. The topological polar surface area (TPSA) is 59.6 Å². The summed E-state index contributed by atoms with van der Waals surface area (Å²) in [5.74, 6) is 1.42. The third kappa shape index (κ3) is 5.21. The van der Waals surface area contributed by atoms with Gasteiger partial charge < -0.3 is 20.1 Å². The van der Waals surface area contributed by atoms with Crippen molar-refractivity contribution in [2.24, 2.45) is 0 Å². The Morgan fingerprint density at radius 1 is 1.13 bits per heavy atom. The van der Waals surface area contributed by atoms with Crippen LogP contribution in [0.25, 0.3) is 0 Å². The van der Waals surface area contributed by atoms with E-state index in [4.69, 9.17) is 9.47 Å². The van der Waals surface area contributed by atoms with Crippen LogP contribution in [0.3, 0.4) is 0 Å². The van der Waals surface area contributed by atoms with Crippen molar-refractivity contribution in [1.82, 2.24) is 5.32 Å². The Bertz CT molecular complexity index is 656. The van der Waals surface area contributed by atoms with Crippen LogP contribution < -0.4 is 20.1 Å². The smallest absolute Gasteiger partial charge is 0.319 e. The van der Waals surface area contributed by atoms with Crippen LogP contribution in [-0.2, 0) is 6.54 Å². The molecule has 0 saturated heterocycles. The number of para-hydroxylation sites is 2. The molecule has 0 atom stereocenters.